The molecule has 0 bridgehead atoms. The highest BCUT2D eigenvalue weighted by atomic mass is 32.1. The standard InChI is InChI=1S/C13H16FN3OS/c1-8-6-11-10(7-9(8)14)16-13(19)17(11)5-3-2-4-12(15)18/h6-7H,2-5H2,1H3,(H2,15,18)(H,16,19). The summed E-state index contributed by atoms with van der Waals surface area (Å²) in [5.74, 6) is -0.537. The molecule has 0 fully saturated rings. The molecule has 102 valence electrons. The monoisotopic (exact) mass is 281 g/mol. The smallest absolute Gasteiger partial charge is 0.217 e. The maximum atomic E-state index is 13.5. The summed E-state index contributed by atoms with van der Waals surface area (Å²) in [5.41, 5.74) is 7.27. The number of hydrogen-bond donors (Lipinski definition) is 2. The van der Waals surface area contributed by atoms with Crippen molar-refractivity contribution in [3.05, 3.63) is 28.3 Å². The van der Waals surface area contributed by atoms with Gasteiger partial charge in [-0.25, -0.2) is 4.39 Å². The molecule has 1 heterocycles. The van der Waals surface area contributed by atoms with Crippen LogP contribution in [0.2, 0.25) is 0 Å². The number of aromatic nitrogens is 2. The Morgan fingerprint density at radius 3 is 2.89 bits per heavy atom. The van der Waals surface area contributed by atoms with Crippen molar-refractivity contribution >= 4 is 29.2 Å². The number of aryl methyl sites for hydroxylation is 2. The zero-order valence-electron chi connectivity index (χ0n) is 10.7. The molecular formula is C13H16FN3OS. The zero-order valence-corrected chi connectivity index (χ0v) is 11.5. The second-order valence-electron chi connectivity index (χ2n) is 4.62. The molecule has 2 rings (SSSR count). The maximum absolute atomic E-state index is 13.5. The fourth-order valence-corrected chi connectivity index (χ4v) is 2.37. The molecule has 1 amide bonds. The van der Waals surface area contributed by atoms with Gasteiger partial charge in [0.2, 0.25) is 5.91 Å². The van der Waals surface area contributed by atoms with Crippen molar-refractivity contribution in [1.29, 1.82) is 0 Å². The van der Waals surface area contributed by atoms with E-state index in [4.69, 9.17) is 18.0 Å². The van der Waals surface area contributed by atoms with E-state index in [1.807, 2.05) is 4.57 Å². The highest BCUT2D eigenvalue weighted by Gasteiger charge is 2.08. The first kappa shape index (κ1) is 13.7. The number of H-pyrrole nitrogens is 1. The second-order valence-corrected chi connectivity index (χ2v) is 5.01. The number of amides is 1. The Morgan fingerprint density at radius 2 is 2.21 bits per heavy atom. The van der Waals surface area contributed by atoms with E-state index in [-0.39, 0.29) is 11.7 Å². The van der Waals surface area contributed by atoms with E-state index in [1.54, 1.807) is 13.0 Å². The first-order valence-corrected chi connectivity index (χ1v) is 6.57. The van der Waals surface area contributed by atoms with Gasteiger partial charge in [-0.15, -0.1) is 0 Å². The Labute approximate surface area is 115 Å². The number of fused-ring (bicyclic) bond motifs is 1. The summed E-state index contributed by atoms with van der Waals surface area (Å²) in [5, 5.41) is 0. The van der Waals surface area contributed by atoms with Gasteiger partial charge in [-0.1, -0.05) is 0 Å². The van der Waals surface area contributed by atoms with Gasteiger partial charge in [0.05, 0.1) is 11.0 Å². The van der Waals surface area contributed by atoms with E-state index in [2.05, 4.69) is 4.98 Å². The van der Waals surface area contributed by atoms with Crippen LogP contribution in [0.25, 0.3) is 11.0 Å². The molecule has 0 saturated heterocycles. The van der Waals surface area contributed by atoms with E-state index in [0.29, 0.717) is 28.8 Å². The first-order chi connectivity index (χ1) is 8.99. The molecule has 0 unspecified atom stereocenters. The summed E-state index contributed by atoms with van der Waals surface area (Å²) in [6.07, 6.45) is 1.91. The minimum Gasteiger partial charge on any atom is -0.370 e. The molecular weight excluding hydrogens is 265 g/mol. The number of imidazole rings is 1. The van der Waals surface area contributed by atoms with Crippen molar-refractivity contribution in [2.24, 2.45) is 5.73 Å². The number of nitrogens with one attached hydrogen (secondary N) is 1. The van der Waals surface area contributed by atoms with Crippen molar-refractivity contribution in [2.75, 3.05) is 0 Å². The number of nitrogens with two attached hydrogens (primary N) is 1. The predicted molar refractivity (Wildman–Crippen MR) is 74.9 cm³/mol. The molecule has 1 aromatic heterocycles. The lowest BCUT2D eigenvalue weighted by Gasteiger charge is -2.05. The summed E-state index contributed by atoms with van der Waals surface area (Å²) in [4.78, 5) is 13.7. The summed E-state index contributed by atoms with van der Waals surface area (Å²) in [6, 6.07) is 3.24. The zero-order chi connectivity index (χ0) is 14.0. The predicted octanol–water partition coefficient (Wildman–Crippen LogP) is 2.80. The third-order valence-electron chi connectivity index (χ3n) is 3.11. The van der Waals surface area contributed by atoms with Crippen LogP contribution >= 0.6 is 12.2 Å². The number of hydrogen-bond acceptors (Lipinski definition) is 2. The third-order valence-corrected chi connectivity index (χ3v) is 3.43. The van der Waals surface area contributed by atoms with Crippen LogP contribution < -0.4 is 5.73 Å². The van der Waals surface area contributed by atoms with Crippen LogP contribution in [-0.2, 0) is 11.3 Å². The quantitative estimate of drug-likeness (QED) is 0.654. The largest absolute Gasteiger partial charge is 0.370 e. The van der Waals surface area contributed by atoms with Crippen LogP contribution in [0.3, 0.4) is 0 Å². The second kappa shape index (κ2) is 5.52. The van der Waals surface area contributed by atoms with Gasteiger partial charge in [-0.3, -0.25) is 4.79 Å². The number of carbonyl (C=O) groups excluding carboxylic acids is 1. The van der Waals surface area contributed by atoms with Crippen LogP contribution in [-0.4, -0.2) is 15.5 Å². The van der Waals surface area contributed by atoms with Gasteiger partial charge in [0.1, 0.15) is 5.82 Å². The van der Waals surface area contributed by atoms with Gasteiger partial charge in [-0.2, -0.15) is 0 Å². The van der Waals surface area contributed by atoms with Gasteiger partial charge >= 0.3 is 0 Å². The number of halogens is 1. The van der Waals surface area contributed by atoms with Crippen molar-refractivity contribution < 1.29 is 9.18 Å². The fourth-order valence-electron chi connectivity index (χ4n) is 2.07. The number of benzene rings is 1. The molecule has 2 aromatic rings. The average Bonchev–Trinajstić information content (AvgIpc) is 2.61. The lowest BCUT2D eigenvalue weighted by molar-refractivity contribution is -0.118. The van der Waals surface area contributed by atoms with E-state index in [9.17, 15) is 9.18 Å². The van der Waals surface area contributed by atoms with Crippen molar-refractivity contribution in [3.63, 3.8) is 0 Å². The van der Waals surface area contributed by atoms with Crippen molar-refractivity contribution in [3.8, 4) is 0 Å². The van der Waals surface area contributed by atoms with Gasteiger partial charge in [0, 0.05) is 13.0 Å². The SMILES string of the molecule is Cc1cc2c(cc1F)[nH]c(=S)n2CCCCC(N)=O. The lowest BCUT2D eigenvalue weighted by Crippen LogP contribution is -2.10. The number of unbranched alkanes of at least 4 members (excludes halogenated alkanes) is 1. The molecule has 0 spiro atoms. The average molecular weight is 281 g/mol. The lowest BCUT2D eigenvalue weighted by atomic mass is 10.2. The minimum atomic E-state index is -0.291. The van der Waals surface area contributed by atoms with E-state index >= 15 is 0 Å². The molecule has 0 radical (unpaired) electrons. The molecule has 0 saturated carbocycles. The molecule has 0 atom stereocenters. The third kappa shape index (κ3) is 3.01. The summed E-state index contributed by atoms with van der Waals surface area (Å²) < 4.78 is 16.0. The van der Waals surface area contributed by atoms with Crippen molar-refractivity contribution in [1.82, 2.24) is 9.55 Å². The maximum Gasteiger partial charge on any atom is 0.217 e. The Hall–Kier alpha value is -1.69. The summed E-state index contributed by atoms with van der Waals surface area (Å²) in [7, 11) is 0. The molecule has 1 aromatic carbocycles. The van der Waals surface area contributed by atoms with Gasteiger partial charge in [0.15, 0.2) is 4.77 Å². The van der Waals surface area contributed by atoms with Crippen LogP contribution in [0.5, 0.6) is 0 Å². The van der Waals surface area contributed by atoms with Gasteiger partial charge in [0.25, 0.3) is 0 Å². The minimum absolute atomic E-state index is 0.246. The van der Waals surface area contributed by atoms with E-state index < -0.39 is 0 Å². The van der Waals surface area contributed by atoms with Crippen molar-refractivity contribution in [2.45, 2.75) is 32.7 Å². The van der Waals surface area contributed by atoms with E-state index in [0.717, 1.165) is 18.4 Å². The molecule has 0 aliphatic heterocycles. The number of primary amides is 1. The number of nitrogens with zero attached hydrogens (tertiary/aromatic N) is 1. The van der Waals surface area contributed by atoms with Crippen LogP contribution in [0.1, 0.15) is 24.8 Å². The Kier molecular flexibility index (Phi) is 3.99. The molecule has 3 N–H and O–H groups in total. The topological polar surface area (TPSA) is 63.8 Å². The van der Waals surface area contributed by atoms with Gasteiger partial charge in [-0.05, 0) is 49.7 Å². The van der Waals surface area contributed by atoms with Crippen LogP contribution in [0, 0.1) is 17.5 Å². The molecule has 0 aliphatic carbocycles. The Balaban J connectivity index is 2.23. The molecule has 4 nitrogen and oxygen atoms in total. The molecule has 0 aliphatic rings. The Bertz CT molecular complexity index is 674. The molecule has 19 heavy (non-hydrogen) atoms. The fraction of sp³-hybridized carbons (Fsp3) is 0.385. The number of aromatic amines is 1. The Morgan fingerprint density at radius 1 is 1.47 bits per heavy atom. The normalized spacial score (nSPS) is 11.1. The van der Waals surface area contributed by atoms with Gasteiger partial charge < -0.3 is 15.3 Å². The van der Waals surface area contributed by atoms with E-state index in [1.165, 1.54) is 6.07 Å². The highest BCUT2D eigenvalue weighted by Crippen LogP contribution is 2.19. The first-order valence-electron chi connectivity index (χ1n) is 6.16. The van der Waals surface area contributed by atoms with Crippen LogP contribution in [0.4, 0.5) is 4.39 Å². The number of rotatable bonds is 5. The molecule has 6 heteroatoms. The highest BCUT2D eigenvalue weighted by molar-refractivity contribution is 7.71. The van der Waals surface area contributed by atoms with Crippen LogP contribution in [0.15, 0.2) is 12.1 Å². The summed E-state index contributed by atoms with van der Waals surface area (Å²) in [6.45, 7) is 2.42. The number of carbonyl (C=O) groups is 1. The summed E-state index contributed by atoms with van der Waals surface area (Å²) >= 11 is 5.23.